The number of hydrogen-bond donors (Lipinski definition) is 3. The van der Waals surface area contributed by atoms with Gasteiger partial charge in [-0.2, -0.15) is 0 Å². The molecule has 22 heteroatoms. The van der Waals surface area contributed by atoms with Gasteiger partial charge in [0.2, 0.25) is 0 Å². The number of fused-ring (bicyclic) bond motifs is 4. The van der Waals surface area contributed by atoms with Gasteiger partial charge in [-0.1, -0.05) is 12.2 Å². The van der Waals surface area contributed by atoms with Crippen LogP contribution >= 0.6 is 37.1 Å². The van der Waals surface area contributed by atoms with Crippen LogP contribution in [0.4, 0.5) is 4.39 Å². The summed E-state index contributed by atoms with van der Waals surface area (Å²) in [5, 5.41) is 4.41. The minimum Gasteiger partial charge on any atom is -0.346 e. The van der Waals surface area contributed by atoms with E-state index in [-0.39, 0.29) is 42.6 Å². The van der Waals surface area contributed by atoms with Crippen LogP contribution in [0.5, 0.6) is 0 Å². The van der Waals surface area contributed by atoms with Crippen LogP contribution in [-0.2, 0) is 52.4 Å². The minimum atomic E-state index is -4.28. The van der Waals surface area contributed by atoms with E-state index in [1.807, 2.05) is 0 Å². The summed E-state index contributed by atoms with van der Waals surface area (Å²) in [6, 6.07) is 0. The van der Waals surface area contributed by atoms with Gasteiger partial charge in [-0.05, 0) is 18.7 Å². The van der Waals surface area contributed by atoms with Gasteiger partial charge in [0.05, 0.1) is 36.5 Å². The van der Waals surface area contributed by atoms with Gasteiger partial charge in [-0.15, -0.1) is 16.4 Å². The van der Waals surface area contributed by atoms with E-state index in [4.69, 9.17) is 34.6 Å². The lowest BCUT2D eigenvalue weighted by Gasteiger charge is -2.23. The number of aromatic amines is 1. The molecule has 4 aromatic rings. The van der Waals surface area contributed by atoms with E-state index in [0.29, 0.717) is 10.7 Å². The van der Waals surface area contributed by atoms with E-state index >= 15 is 4.39 Å². The lowest BCUT2D eigenvalue weighted by Crippen LogP contribution is -2.32. The van der Waals surface area contributed by atoms with Gasteiger partial charge in [0.1, 0.15) is 24.6 Å². The molecule has 41 heavy (non-hydrogen) atoms. The van der Waals surface area contributed by atoms with Crippen molar-refractivity contribution in [3.63, 3.8) is 0 Å². The van der Waals surface area contributed by atoms with Crippen molar-refractivity contribution in [1.29, 1.82) is 0 Å². The first-order valence-electron chi connectivity index (χ1n) is 11.8. The van der Waals surface area contributed by atoms with Crippen molar-refractivity contribution in [2.45, 2.75) is 44.7 Å². The monoisotopic (exact) mass is 666 g/mol. The maximum Gasteiger partial charge on any atom is 0.387 e. The van der Waals surface area contributed by atoms with E-state index in [1.165, 1.54) is 26.9 Å². The second kappa shape index (κ2) is 11.3. The Morgan fingerprint density at radius 2 is 2.15 bits per heavy atom. The highest BCUT2D eigenvalue weighted by Crippen LogP contribution is 2.57. The van der Waals surface area contributed by atoms with Crippen molar-refractivity contribution in [3.8, 4) is 10.7 Å². The number of H-pyrrole nitrogens is 1. The lowest BCUT2D eigenvalue weighted by molar-refractivity contribution is -0.0454. The molecule has 6 atom stereocenters. The molecule has 2 aliphatic rings. The average molecular weight is 667 g/mol. The normalized spacial score (nSPS) is 31.5. The Morgan fingerprint density at radius 1 is 1.32 bits per heavy atom. The number of imidazole rings is 1. The van der Waals surface area contributed by atoms with E-state index < -0.39 is 50.3 Å². The smallest absolute Gasteiger partial charge is 0.346 e. The second-order valence-electron chi connectivity index (χ2n) is 8.83. The summed E-state index contributed by atoms with van der Waals surface area (Å²) in [5.74, 6) is 0.807. The van der Waals surface area contributed by atoms with Gasteiger partial charge in [-0.25, -0.2) is 28.6 Å². The van der Waals surface area contributed by atoms with E-state index in [2.05, 4.69) is 42.3 Å². The first-order valence-corrected chi connectivity index (χ1v) is 18.0. The standard InChI is InChI=1S/C19H21FN8O8P2S3/c1-9-23-17-14(18(29)24-9)22-7-27(17)19-15-13(20)10(35-19)5-33-37(30,39)32-3-2-28-12(6-34-38(31,40)36-15)25-16(26-28)11-4-21-8-41-11/h4,7-8,10,13,15,19H,2-3,5-6H2,1H3,(H,30,39)(H,31,40)(H,23,24,29)/t10-,13+,15-,19-,37?,38?/m1/s1. The molecule has 1 fully saturated rings. The predicted octanol–water partition coefficient (Wildman–Crippen LogP) is 2.28. The zero-order valence-corrected chi connectivity index (χ0v) is 25.2. The minimum absolute atomic E-state index is 0.0316. The van der Waals surface area contributed by atoms with Gasteiger partial charge in [-0.3, -0.25) is 23.4 Å². The molecule has 6 rings (SSSR count). The maximum atomic E-state index is 15.8. The number of nitrogens with zero attached hydrogens (tertiary/aromatic N) is 7. The molecule has 16 nitrogen and oxygen atoms in total. The molecule has 0 aromatic carbocycles. The molecular weight excluding hydrogens is 645 g/mol. The first-order chi connectivity index (χ1) is 19.5. The van der Waals surface area contributed by atoms with Gasteiger partial charge in [0.25, 0.3) is 5.56 Å². The molecule has 2 unspecified atom stereocenters. The van der Waals surface area contributed by atoms with Gasteiger partial charge < -0.3 is 23.7 Å². The molecule has 4 aromatic heterocycles. The highest BCUT2D eigenvalue weighted by Gasteiger charge is 2.51. The first kappa shape index (κ1) is 29.1. The van der Waals surface area contributed by atoms with E-state index in [9.17, 15) is 14.3 Å². The molecule has 1 saturated heterocycles. The molecule has 220 valence electrons. The van der Waals surface area contributed by atoms with Crippen molar-refractivity contribution >= 4 is 60.1 Å². The number of nitrogens with one attached hydrogen (secondary N) is 1. The van der Waals surface area contributed by atoms with Crippen LogP contribution in [0.2, 0.25) is 0 Å². The van der Waals surface area contributed by atoms with Crippen LogP contribution in [0.3, 0.4) is 0 Å². The fraction of sp³-hybridized carbons (Fsp3) is 0.474. The highest BCUT2D eigenvalue weighted by molar-refractivity contribution is 8.44. The van der Waals surface area contributed by atoms with Crippen LogP contribution < -0.4 is 5.56 Å². The number of rotatable bonds is 2. The summed E-state index contributed by atoms with van der Waals surface area (Å²) < 4.78 is 59.7. The Kier molecular flexibility index (Phi) is 8.01. The molecule has 0 amide bonds. The topological polar surface area (TPSA) is 191 Å². The molecule has 2 N–H and O–H groups in total. The molecule has 0 saturated carbocycles. The predicted molar refractivity (Wildman–Crippen MR) is 147 cm³/mol. The number of ether oxygens (including phenoxy) is 1. The molecule has 0 spiro atoms. The molecular formula is C19H21FN8O8P2S3. The van der Waals surface area contributed by atoms with E-state index in [1.54, 1.807) is 18.6 Å². The summed E-state index contributed by atoms with van der Waals surface area (Å²) >= 11 is 10.5. The Morgan fingerprint density at radius 3 is 2.93 bits per heavy atom. The van der Waals surface area contributed by atoms with Crippen LogP contribution in [0.25, 0.3) is 21.9 Å². The largest absolute Gasteiger partial charge is 0.387 e. The third-order valence-corrected chi connectivity index (χ3v) is 10.0. The third kappa shape index (κ3) is 6.09. The number of thiazole rings is 1. The van der Waals surface area contributed by atoms with Crippen LogP contribution in [0.15, 0.2) is 22.8 Å². The highest BCUT2D eigenvalue weighted by atomic mass is 32.7. The number of aryl methyl sites for hydroxylation is 1. The van der Waals surface area contributed by atoms with E-state index in [0.717, 1.165) is 0 Å². The Hall–Kier alpha value is -1.96. The summed E-state index contributed by atoms with van der Waals surface area (Å²) in [6.07, 6.45) is -3.48. The van der Waals surface area contributed by atoms with Gasteiger partial charge in [0.15, 0.2) is 35.2 Å². The number of aromatic nitrogens is 8. The summed E-state index contributed by atoms with van der Waals surface area (Å²) in [5.41, 5.74) is 1.13. The molecule has 2 bridgehead atoms. The van der Waals surface area contributed by atoms with Crippen molar-refractivity contribution in [3.05, 3.63) is 40.0 Å². The number of thiol groups is 1. The maximum absolute atomic E-state index is 15.8. The van der Waals surface area contributed by atoms with Crippen molar-refractivity contribution in [1.82, 2.24) is 39.3 Å². The fourth-order valence-corrected chi connectivity index (χ4v) is 7.29. The third-order valence-electron chi connectivity index (χ3n) is 6.06. The number of hydrogen-bond acceptors (Lipinski definition) is 14. The zero-order chi connectivity index (χ0) is 28.9. The van der Waals surface area contributed by atoms with Crippen molar-refractivity contribution in [2.75, 3.05) is 13.2 Å². The zero-order valence-electron chi connectivity index (χ0n) is 20.8. The van der Waals surface area contributed by atoms with Crippen LogP contribution in [0.1, 0.15) is 17.9 Å². The second-order valence-corrected chi connectivity index (χ2v) is 15.4. The Balaban J connectivity index is 1.35. The van der Waals surface area contributed by atoms with Gasteiger partial charge in [0, 0.05) is 6.20 Å². The summed E-state index contributed by atoms with van der Waals surface area (Å²) in [4.78, 5) is 42.9. The van der Waals surface area contributed by atoms with Crippen molar-refractivity contribution in [2.24, 2.45) is 0 Å². The van der Waals surface area contributed by atoms with Crippen LogP contribution in [-0.4, -0.2) is 75.8 Å². The SMILES string of the molecule is Cc1nc2c(ncn2[C@@H]2O[C@@H]3COP(O)(=S)OCCn4nc(-c5cncs5)nc4COP(=O)(S)O[C@@H]2[C@H]3F)c(=O)[nH]1. The van der Waals surface area contributed by atoms with Gasteiger partial charge >= 0.3 is 13.5 Å². The Bertz CT molecular complexity index is 1730. The number of alkyl halides is 1. The summed E-state index contributed by atoms with van der Waals surface area (Å²) in [6.45, 7) is -7.56. The molecule has 6 heterocycles. The Labute approximate surface area is 244 Å². The summed E-state index contributed by atoms with van der Waals surface area (Å²) in [7, 11) is 0. The quantitative estimate of drug-likeness (QED) is 0.209. The fourth-order valence-electron chi connectivity index (χ4n) is 4.25. The lowest BCUT2D eigenvalue weighted by atomic mass is 10.1. The van der Waals surface area contributed by atoms with Crippen LogP contribution in [0, 0.1) is 6.92 Å². The molecule has 0 radical (unpaired) electrons. The number of halogens is 1. The average Bonchev–Trinajstić information content (AvgIpc) is 3.69. The van der Waals surface area contributed by atoms with Crippen molar-refractivity contribution < 1.29 is 36.7 Å². The molecule has 2 aliphatic heterocycles. The molecule has 0 aliphatic carbocycles.